The smallest absolute Gasteiger partial charge is 0.222 e. The molecular formula is C10H13N5O3. The van der Waals surface area contributed by atoms with Gasteiger partial charge in [-0.15, -0.1) is 0 Å². The molecule has 8 nitrogen and oxygen atoms in total. The Morgan fingerprint density at radius 3 is 3.06 bits per heavy atom. The van der Waals surface area contributed by atoms with Crippen molar-refractivity contribution in [3.05, 3.63) is 12.5 Å². The van der Waals surface area contributed by atoms with Crippen LogP contribution in [-0.4, -0.2) is 48.5 Å². The Balaban J connectivity index is 1.98. The van der Waals surface area contributed by atoms with Crippen molar-refractivity contribution in [2.45, 2.75) is 24.9 Å². The first-order chi connectivity index (χ1) is 8.69. The van der Waals surface area contributed by atoms with E-state index in [1.54, 1.807) is 10.9 Å². The number of aliphatic hydroxyl groups is 2. The number of hydrogen-bond donors (Lipinski definition) is 3. The maximum absolute atomic E-state index is 9.71. The topological polar surface area (TPSA) is 119 Å². The minimum Gasteiger partial charge on any atom is -0.394 e. The van der Waals surface area contributed by atoms with E-state index < -0.39 is 18.4 Å². The van der Waals surface area contributed by atoms with Gasteiger partial charge in [-0.3, -0.25) is 4.57 Å². The average molecular weight is 251 g/mol. The number of hydrogen-bond acceptors (Lipinski definition) is 7. The summed E-state index contributed by atoms with van der Waals surface area (Å²) in [6.07, 6.45) is 1.79. The van der Waals surface area contributed by atoms with Crippen LogP contribution in [0.5, 0.6) is 0 Å². The Labute approximate surface area is 102 Å². The van der Waals surface area contributed by atoms with Gasteiger partial charge in [0.1, 0.15) is 17.8 Å². The fraction of sp³-hybridized carbons (Fsp3) is 0.500. The minimum absolute atomic E-state index is 0.154. The summed E-state index contributed by atoms with van der Waals surface area (Å²) in [5.74, 6) is 0.154. The number of ether oxygens (including phenoxy) is 1. The zero-order valence-electron chi connectivity index (χ0n) is 9.47. The van der Waals surface area contributed by atoms with E-state index in [1.165, 1.54) is 6.20 Å². The van der Waals surface area contributed by atoms with Crippen molar-refractivity contribution in [3.63, 3.8) is 0 Å². The van der Waals surface area contributed by atoms with E-state index in [0.717, 1.165) is 0 Å². The molecule has 0 saturated carbocycles. The van der Waals surface area contributed by atoms with Crippen molar-refractivity contribution in [1.29, 1.82) is 0 Å². The Kier molecular flexibility index (Phi) is 2.62. The van der Waals surface area contributed by atoms with Crippen molar-refractivity contribution < 1.29 is 14.9 Å². The SMILES string of the molecule is Nc1ncc2ncn([C@@H]3C[C@H](O)[C@@H](CO)O3)c2n1. The van der Waals surface area contributed by atoms with Crippen LogP contribution in [0.15, 0.2) is 12.5 Å². The molecule has 8 heteroatoms. The third kappa shape index (κ3) is 1.70. The molecule has 2 aromatic heterocycles. The number of imidazole rings is 1. The molecular weight excluding hydrogens is 238 g/mol. The van der Waals surface area contributed by atoms with Crippen molar-refractivity contribution in [3.8, 4) is 0 Å². The maximum atomic E-state index is 9.71. The first kappa shape index (κ1) is 11.3. The van der Waals surface area contributed by atoms with Crippen molar-refractivity contribution in [2.24, 2.45) is 0 Å². The Hall–Kier alpha value is -1.77. The molecule has 0 amide bonds. The summed E-state index contributed by atoms with van der Waals surface area (Å²) in [6, 6.07) is 0. The lowest BCUT2D eigenvalue weighted by molar-refractivity contribution is -0.0432. The van der Waals surface area contributed by atoms with Crippen LogP contribution in [0.4, 0.5) is 5.95 Å². The lowest BCUT2D eigenvalue weighted by Gasteiger charge is -2.13. The van der Waals surface area contributed by atoms with Crippen LogP contribution in [0.2, 0.25) is 0 Å². The first-order valence-electron chi connectivity index (χ1n) is 5.58. The van der Waals surface area contributed by atoms with Crippen LogP contribution in [0, 0.1) is 0 Å². The monoisotopic (exact) mass is 251 g/mol. The zero-order valence-corrected chi connectivity index (χ0v) is 9.47. The number of nitrogens with zero attached hydrogens (tertiary/aromatic N) is 4. The van der Waals surface area contributed by atoms with Gasteiger partial charge in [-0.05, 0) is 0 Å². The molecule has 0 bridgehead atoms. The van der Waals surface area contributed by atoms with E-state index in [4.69, 9.17) is 15.6 Å². The molecule has 3 atom stereocenters. The first-order valence-corrected chi connectivity index (χ1v) is 5.58. The number of aliphatic hydroxyl groups excluding tert-OH is 2. The lowest BCUT2D eigenvalue weighted by atomic mass is 10.2. The van der Waals surface area contributed by atoms with Crippen molar-refractivity contribution in [2.75, 3.05) is 12.3 Å². The van der Waals surface area contributed by atoms with Crippen LogP contribution in [0.3, 0.4) is 0 Å². The third-order valence-corrected chi connectivity index (χ3v) is 3.03. The van der Waals surface area contributed by atoms with Gasteiger partial charge in [0.05, 0.1) is 25.2 Å². The Morgan fingerprint density at radius 2 is 2.33 bits per heavy atom. The molecule has 0 unspecified atom stereocenters. The fourth-order valence-electron chi connectivity index (χ4n) is 2.10. The van der Waals surface area contributed by atoms with Crippen molar-refractivity contribution >= 4 is 17.1 Å². The summed E-state index contributed by atoms with van der Waals surface area (Å²) in [4.78, 5) is 12.1. The third-order valence-electron chi connectivity index (χ3n) is 3.03. The normalized spacial score (nSPS) is 28.0. The number of rotatable bonds is 2. The van der Waals surface area contributed by atoms with Crippen LogP contribution in [0.1, 0.15) is 12.6 Å². The zero-order chi connectivity index (χ0) is 12.7. The summed E-state index contributed by atoms with van der Waals surface area (Å²) in [5.41, 5.74) is 6.70. The molecule has 0 spiro atoms. The van der Waals surface area contributed by atoms with Crippen LogP contribution >= 0.6 is 0 Å². The number of fused-ring (bicyclic) bond motifs is 1. The maximum Gasteiger partial charge on any atom is 0.222 e. The van der Waals surface area contributed by atoms with Crippen LogP contribution in [-0.2, 0) is 4.74 Å². The van der Waals surface area contributed by atoms with E-state index in [1.807, 2.05) is 0 Å². The number of anilines is 1. The molecule has 4 N–H and O–H groups in total. The van der Waals surface area contributed by atoms with E-state index in [0.29, 0.717) is 17.6 Å². The van der Waals surface area contributed by atoms with E-state index in [-0.39, 0.29) is 12.6 Å². The van der Waals surface area contributed by atoms with Gasteiger partial charge in [-0.2, -0.15) is 4.98 Å². The van der Waals surface area contributed by atoms with Crippen LogP contribution < -0.4 is 5.73 Å². The molecule has 3 heterocycles. The second-order valence-corrected chi connectivity index (χ2v) is 4.20. The molecule has 1 aliphatic rings. The van der Waals surface area contributed by atoms with Gasteiger partial charge < -0.3 is 20.7 Å². The molecule has 3 rings (SSSR count). The average Bonchev–Trinajstić information content (AvgIpc) is 2.91. The standard InChI is InChI=1S/C10H13N5O3/c11-10-12-2-5-9(14-10)15(4-13-5)8-1-6(17)7(3-16)18-8/h2,4,6-8,16-17H,1,3H2,(H2,11,12,14)/t6-,7+,8-/m0/s1. The quantitative estimate of drug-likeness (QED) is 0.629. The van der Waals surface area contributed by atoms with Crippen LogP contribution in [0.25, 0.3) is 11.2 Å². The number of nitrogens with two attached hydrogens (primary N) is 1. The fourth-order valence-corrected chi connectivity index (χ4v) is 2.10. The predicted octanol–water partition coefficient (Wildman–Crippen LogP) is -0.951. The summed E-state index contributed by atoms with van der Waals surface area (Å²) in [6.45, 7) is -0.221. The highest BCUT2D eigenvalue weighted by Crippen LogP contribution is 2.30. The van der Waals surface area contributed by atoms with Gasteiger partial charge in [0.25, 0.3) is 0 Å². The highest BCUT2D eigenvalue weighted by molar-refractivity contribution is 5.70. The number of aromatic nitrogens is 4. The highest BCUT2D eigenvalue weighted by Gasteiger charge is 2.35. The molecule has 0 aliphatic carbocycles. The van der Waals surface area contributed by atoms with E-state index in [2.05, 4.69) is 15.0 Å². The van der Waals surface area contributed by atoms with Gasteiger partial charge in [0.2, 0.25) is 5.95 Å². The van der Waals surface area contributed by atoms with Gasteiger partial charge in [0, 0.05) is 6.42 Å². The summed E-state index contributed by atoms with van der Waals surface area (Å²) >= 11 is 0. The lowest BCUT2D eigenvalue weighted by Crippen LogP contribution is -2.24. The highest BCUT2D eigenvalue weighted by atomic mass is 16.5. The van der Waals surface area contributed by atoms with Crippen molar-refractivity contribution in [1.82, 2.24) is 19.5 Å². The molecule has 1 fully saturated rings. The van der Waals surface area contributed by atoms with Gasteiger partial charge >= 0.3 is 0 Å². The largest absolute Gasteiger partial charge is 0.394 e. The second kappa shape index (κ2) is 4.16. The predicted molar refractivity (Wildman–Crippen MR) is 61.4 cm³/mol. The van der Waals surface area contributed by atoms with E-state index in [9.17, 15) is 5.11 Å². The molecule has 0 radical (unpaired) electrons. The number of nitrogen functional groups attached to an aromatic ring is 1. The summed E-state index contributed by atoms with van der Waals surface area (Å²) in [5, 5.41) is 18.8. The Bertz CT molecular complexity index is 572. The molecule has 2 aromatic rings. The second-order valence-electron chi connectivity index (χ2n) is 4.20. The molecule has 18 heavy (non-hydrogen) atoms. The van der Waals surface area contributed by atoms with Gasteiger partial charge in [-0.1, -0.05) is 0 Å². The minimum atomic E-state index is -0.698. The van der Waals surface area contributed by atoms with Gasteiger partial charge in [0.15, 0.2) is 5.65 Å². The van der Waals surface area contributed by atoms with Gasteiger partial charge in [-0.25, -0.2) is 9.97 Å². The summed E-state index contributed by atoms with van der Waals surface area (Å²) < 4.78 is 7.22. The Morgan fingerprint density at radius 1 is 1.50 bits per heavy atom. The molecule has 0 aromatic carbocycles. The summed E-state index contributed by atoms with van der Waals surface area (Å²) in [7, 11) is 0. The van der Waals surface area contributed by atoms with E-state index >= 15 is 0 Å². The molecule has 96 valence electrons. The molecule has 1 saturated heterocycles. The molecule has 1 aliphatic heterocycles.